The first-order chi connectivity index (χ1) is 14.0. The molecule has 0 N–H and O–H groups in total. The molecule has 8 heteroatoms. The summed E-state index contributed by atoms with van der Waals surface area (Å²) in [5.74, 6) is 0.290. The van der Waals surface area contributed by atoms with Gasteiger partial charge < -0.3 is 14.4 Å². The van der Waals surface area contributed by atoms with Crippen LogP contribution in [0.3, 0.4) is 0 Å². The zero-order valence-electron chi connectivity index (χ0n) is 17.9. The molecule has 3 rings (SSSR count). The molecular weight excluding hydrogens is 397 g/mol. The van der Waals surface area contributed by atoms with E-state index in [9.17, 15) is 18.0 Å². The minimum atomic E-state index is -4.39. The number of nitrogens with zero attached hydrogens (tertiary/aromatic N) is 2. The molecule has 0 aliphatic carbocycles. The molecule has 30 heavy (non-hydrogen) atoms. The molecule has 0 bridgehead atoms. The van der Waals surface area contributed by atoms with Crippen molar-refractivity contribution in [3.8, 4) is 0 Å². The SMILES string of the molecule is CC(C)(C)OC(=O)N1CC[C@H](N(Cc2ccccc2C(F)(F)F)CC2CCOC2)C1. The summed E-state index contributed by atoms with van der Waals surface area (Å²) in [6.07, 6.45) is -3.15. The summed E-state index contributed by atoms with van der Waals surface area (Å²) in [7, 11) is 0. The van der Waals surface area contributed by atoms with Crippen LogP contribution >= 0.6 is 0 Å². The fourth-order valence-electron chi connectivity index (χ4n) is 4.09. The third-order valence-corrected chi connectivity index (χ3v) is 5.54. The van der Waals surface area contributed by atoms with E-state index < -0.39 is 17.3 Å². The summed E-state index contributed by atoms with van der Waals surface area (Å²) < 4.78 is 51.4. The number of amides is 1. The molecule has 1 aromatic rings. The van der Waals surface area contributed by atoms with Gasteiger partial charge >= 0.3 is 12.3 Å². The second-order valence-electron chi connectivity index (χ2n) is 9.18. The van der Waals surface area contributed by atoms with Crippen LogP contribution < -0.4 is 0 Å². The molecule has 0 radical (unpaired) electrons. The molecule has 5 nitrogen and oxygen atoms in total. The molecule has 2 atom stereocenters. The van der Waals surface area contributed by atoms with E-state index in [1.165, 1.54) is 6.07 Å². The van der Waals surface area contributed by atoms with Crippen molar-refractivity contribution in [3.05, 3.63) is 35.4 Å². The van der Waals surface area contributed by atoms with Gasteiger partial charge in [0.2, 0.25) is 0 Å². The highest BCUT2D eigenvalue weighted by Crippen LogP contribution is 2.33. The topological polar surface area (TPSA) is 42.0 Å². The number of rotatable bonds is 5. The molecule has 0 saturated carbocycles. The number of benzene rings is 1. The molecule has 2 aliphatic rings. The number of hydrogen-bond donors (Lipinski definition) is 0. The fraction of sp³-hybridized carbons (Fsp3) is 0.682. The van der Waals surface area contributed by atoms with Crippen LogP contribution in [0.15, 0.2) is 24.3 Å². The normalized spacial score (nSPS) is 22.7. The Labute approximate surface area is 176 Å². The standard InChI is InChI=1S/C22H31F3N2O3/c1-21(2,3)30-20(28)26-10-8-18(14-26)27(12-16-9-11-29-15-16)13-17-6-4-5-7-19(17)22(23,24)25/h4-7,16,18H,8-15H2,1-3H3/t16?,18-/m0/s1. The number of hydrogen-bond acceptors (Lipinski definition) is 4. The highest BCUT2D eigenvalue weighted by atomic mass is 19.4. The Bertz CT molecular complexity index is 727. The van der Waals surface area contributed by atoms with Gasteiger partial charge in [0.25, 0.3) is 0 Å². The Hall–Kier alpha value is -1.80. The van der Waals surface area contributed by atoms with E-state index in [0.717, 1.165) is 12.5 Å². The van der Waals surface area contributed by atoms with Crippen molar-refractivity contribution in [1.29, 1.82) is 0 Å². The average Bonchev–Trinajstić information content (AvgIpc) is 3.31. The predicted octanol–water partition coefficient (Wildman–Crippen LogP) is 4.55. The molecule has 2 fully saturated rings. The lowest BCUT2D eigenvalue weighted by atomic mass is 10.0. The average molecular weight is 428 g/mol. The first-order valence-electron chi connectivity index (χ1n) is 10.5. The van der Waals surface area contributed by atoms with Gasteiger partial charge in [0.1, 0.15) is 5.60 Å². The van der Waals surface area contributed by atoms with Crippen LogP contribution in [-0.2, 0) is 22.2 Å². The van der Waals surface area contributed by atoms with Crippen LogP contribution in [-0.4, -0.2) is 60.4 Å². The summed E-state index contributed by atoms with van der Waals surface area (Å²) in [5.41, 5.74) is -0.916. The summed E-state index contributed by atoms with van der Waals surface area (Å²) >= 11 is 0. The molecular formula is C22H31F3N2O3. The maximum absolute atomic E-state index is 13.5. The van der Waals surface area contributed by atoms with Crippen LogP contribution in [0.5, 0.6) is 0 Å². The van der Waals surface area contributed by atoms with Crippen molar-refractivity contribution < 1.29 is 27.4 Å². The minimum Gasteiger partial charge on any atom is -0.444 e. The summed E-state index contributed by atoms with van der Waals surface area (Å²) in [4.78, 5) is 16.2. The van der Waals surface area contributed by atoms with Gasteiger partial charge in [-0.05, 0) is 51.2 Å². The van der Waals surface area contributed by atoms with Gasteiger partial charge in [-0.2, -0.15) is 13.2 Å². The number of alkyl halides is 3. The van der Waals surface area contributed by atoms with E-state index >= 15 is 0 Å². The van der Waals surface area contributed by atoms with E-state index in [2.05, 4.69) is 4.90 Å². The van der Waals surface area contributed by atoms with Crippen molar-refractivity contribution in [1.82, 2.24) is 9.80 Å². The van der Waals surface area contributed by atoms with Crippen molar-refractivity contribution in [2.45, 2.75) is 58.0 Å². The summed E-state index contributed by atoms with van der Waals surface area (Å²) in [6.45, 7) is 8.61. The predicted molar refractivity (Wildman–Crippen MR) is 107 cm³/mol. The van der Waals surface area contributed by atoms with Gasteiger partial charge in [-0.25, -0.2) is 4.79 Å². The zero-order chi connectivity index (χ0) is 21.9. The molecule has 2 heterocycles. The monoisotopic (exact) mass is 428 g/mol. The number of carbonyl (C=O) groups excluding carboxylic acids is 1. The van der Waals surface area contributed by atoms with Gasteiger partial charge in [-0.3, -0.25) is 4.90 Å². The number of halogens is 3. The molecule has 1 amide bonds. The van der Waals surface area contributed by atoms with Crippen LogP contribution in [0.1, 0.15) is 44.7 Å². The quantitative estimate of drug-likeness (QED) is 0.690. The first kappa shape index (κ1) is 22.9. The van der Waals surface area contributed by atoms with Gasteiger partial charge in [-0.1, -0.05) is 18.2 Å². The van der Waals surface area contributed by atoms with Gasteiger partial charge in [0.15, 0.2) is 0 Å². The number of likely N-dealkylation sites (tertiary alicyclic amines) is 1. The smallest absolute Gasteiger partial charge is 0.416 e. The third-order valence-electron chi connectivity index (χ3n) is 5.54. The van der Waals surface area contributed by atoms with Crippen LogP contribution in [0.4, 0.5) is 18.0 Å². The van der Waals surface area contributed by atoms with Crippen molar-refractivity contribution in [2.75, 3.05) is 32.8 Å². The van der Waals surface area contributed by atoms with Crippen molar-refractivity contribution in [3.63, 3.8) is 0 Å². The van der Waals surface area contributed by atoms with E-state index in [1.807, 2.05) is 20.8 Å². The lowest BCUT2D eigenvalue weighted by molar-refractivity contribution is -0.138. The summed E-state index contributed by atoms with van der Waals surface area (Å²) in [5, 5.41) is 0. The third kappa shape index (κ3) is 6.11. The molecule has 0 spiro atoms. The Kier molecular flexibility index (Phi) is 6.97. The highest BCUT2D eigenvalue weighted by molar-refractivity contribution is 5.68. The maximum Gasteiger partial charge on any atom is 0.416 e. The molecule has 168 valence electrons. The van der Waals surface area contributed by atoms with Crippen molar-refractivity contribution >= 4 is 6.09 Å². The molecule has 1 aromatic carbocycles. The van der Waals surface area contributed by atoms with Gasteiger partial charge in [0.05, 0.1) is 12.2 Å². The van der Waals surface area contributed by atoms with Crippen LogP contribution in [0.25, 0.3) is 0 Å². The van der Waals surface area contributed by atoms with E-state index in [0.29, 0.717) is 45.2 Å². The van der Waals surface area contributed by atoms with Crippen LogP contribution in [0.2, 0.25) is 0 Å². The molecule has 1 unspecified atom stereocenters. The maximum atomic E-state index is 13.5. The van der Waals surface area contributed by atoms with Gasteiger partial charge in [0, 0.05) is 38.8 Å². The highest BCUT2D eigenvalue weighted by Gasteiger charge is 2.37. The Balaban J connectivity index is 1.75. The number of ether oxygens (including phenoxy) is 2. The van der Waals surface area contributed by atoms with E-state index in [4.69, 9.17) is 9.47 Å². The Morgan fingerprint density at radius 1 is 1.23 bits per heavy atom. The van der Waals surface area contributed by atoms with E-state index in [1.54, 1.807) is 17.0 Å². The van der Waals surface area contributed by atoms with Gasteiger partial charge in [-0.15, -0.1) is 0 Å². The first-order valence-corrected chi connectivity index (χ1v) is 10.5. The molecule has 2 aliphatic heterocycles. The Morgan fingerprint density at radius 2 is 1.97 bits per heavy atom. The zero-order valence-corrected chi connectivity index (χ0v) is 17.9. The minimum absolute atomic E-state index is 0.0144. The largest absolute Gasteiger partial charge is 0.444 e. The lowest BCUT2D eigenvalue weighted by Crippen LogP contribution is -2.42. The Morgan fingerprint density at radius 3 is 2.60 bits per heavy atom. The van der Waals surface area contributed by atoms with E-state index in [-0.39, 0.29) is 24.2 Å². The number of carbonyl (C=O) groups is 1. The molecule has 2 saturated heterocycles. The van der Waals surface area contributed by atoms with Crippen LogP contribution in [0, 0.1) is 5.92 Å². The second-order valence-corrected chi connectivity index (χ2v) is 9.18. The second kappa shape index (κ2) is 9.14. The molecule has 0 aromatic heterocycles. The fourth-order valence-corrected chi connectivity index (χ4v) is 4.09. The summed E-state index contributed by atoms with van der Waals surface area (Å²) in [6, 6.07) is 5.72. The lowest BCUT2D eigenvalue weighted by Gasteiger charge is -2.32. The van der Waals surface area contributed by atoms with Crippen molar-refractivity contribution in [2.24, 2.45) is 5.92 Å².